The highest BCUT2D eigenvalue weighted by molar-refractivity contribution is 7.98. The molecule has 1 amide bonds. The van der Waals surface area contributed by atoms with Gasteiger partial charge in [0.1, 0.15) is 5.60 Å². The van der Waals surface area contributed by atoms with Crippen LogP contribution in [0.4, 0.5) is 10.5 Å². The highest BCUT2D eigenvalue weighted by atomic mass is 32.2. The van der Waals surface area contributed by atoms with Crippen LogP contribution in [0.15, 0.2) is 29.6 Å². The highest BCUT2D eigenvalue weighted by Gasteiger charge is 2.35. The molecular formula is C20H28N4O2S. The number of ether oxygens (including phenoxy) is 1. The molecule has 1 aromatic heterocycles. The molecular weight excluding hydrogens is 360 g/mol. The fraction of sp³-hybridized carbons (Fsp3) is 0.550. The lowest BCUT2D eigenvalue weighted by Crippen LogP contribution is -2.59. The molecule has 2 atom stereocenters. The minimum absolute atomic E-state index is 0.0643. The molecule has 1 fully saturated rings. The van der Waals surface area contributed by atoms with Crippen molar-refractivity contribution in [2.45, 2.75) is 57.5 Å². The molecule has 0 radical (unpaired) electrons. The summed E-state index contributed by atoms with van der Waals surface area (Å²) < 4.78 is 5.59. The van der Waals surface area contributed by atoms with E-state index >= 15 is 0 Å². The van der Waals surface area contributed by atoms with Gasteiger partial charge in [-0.3, -0.25) is 4.90 Å². The van der Waals surface area contributed by atoms with Crippen molar-refractivity contribution in [2.75, 3.05) is 24.2 Å². The second-order valence-electron chi connectivity index (χ2n) is 8.09. The Morgan fingerprint density at radius 2 is 1.89 bits per heavy atom. The van der Waals surface area contributed by atoms with Crippen molar-refractivity contribution in [3.05, 3.63) is 24.4 Å². The van der Waals surface area contributed by atoms with E-state index in [1.54, 1.807) is 11.8 Å². The number of piperazine rings is 1. The molecule has 0 bridgehead atoms. The van der Waals surface area contributed by atoms with Crippen molar-refractivity contribution in [3.63, 3.8) is 0 Å². The number of carbonyl (C=O) groups excluding carboxylic acids is 1. The molecule has 1 aliphatic heterocycles. The van der Waals surface area contributed by atoms with Crippen LogP contribution in [0.25, 0.3) is 10.9 Å². The Balaban J connectivity index is 1.78. The monoisotopic (exact) mass is 388 g/mol. The van der Waals surface area contributed by atoms with Crippen LogP contribution in [0.1, 0.15) is 34.6 Å². The quantitative estimate of drug-likeness (QED) is 0.568. The van der Waals surface area contributed by atoms with Gasteiger partial charge in [0, 0.05) is 30.4 Å². The van der Waals surface area contributed by atoms with Gasteiger partial charge in [-0.25, -0.2) is 14.8 Å². The summed E-state index contributed by atoms with van der Waals surface area (Å²) in [6.45, 7) is 11.4. The predicted octanol–water partition coefficient (Wildman–Crippen LogP) is 4.19. The zero-order valence-corrected chi connectivity index (χ0v) is 17.7. The number of nitrogens with zero attached hydrogens (tertiary/aromatic N) is 4. The van der Waals surface area contributed by atoms with E-state index in [1.807, 2.05) is 44.2 Å². The van der Waals surface area contributed by atoms with E-state index in [-0.39, 0.29) is 18.2 Å². The fourth-order valence-electron chi connectivity index (χ4n) is 3.51. The summed E-state index contributed by atoms with van der Waals surface area (Å²) in [5.41, 5.74) is 1.60. The maximum atomic E-state index is 12.6. The SMILES string of the molecule is CSc1ncc2cc(N3C[C@@H](C)N(C(=O)OC(C)(C)C)[C@H](C)C3)ccc2n1. The summed E-state index contributed by atoms with van der Waals surface area (Å²) >= 11 is 1.54. The van der Waals surface area contributed by atoms with Crippen molar-refractivity contribution in [1.82, 2.24) is 14.9 Å². The number of anilines is 1. The van der Waals surface area contributed by atoms with E-state index in [0.29, 0.717) is 0 Å². The van der Waals surface area contributed by atoms with Crippen LogP contribution in [0.3, 0.4) is 0 Å². The number of benzene rings is 1. The highest BCUT2D eigenvalue weighted by Crippen LogP contribution is 2.27. The molecule has 27 heavy (non-hydrogen) atoms. The Labute approximate surface area is 165 Å². The lowest BCUT2D eigenvalue weighted by molar-refractivity contribution is 0.00566. The Morgan fingerprint density at radius 3 is 2.48 bits per heavy atom. The van der Waals surface area contributed by atoms with Gasteiger partial charge >= 0.3 is 6.09 Å². The van der Waals surface area contributed by atoms with Crippen LogP contribution in [-0.2, 0) is 4.74 Å². The molecule has 0 saturated carbocycles. The summed E-state index contributed by atoms with van der Waals surface area (Å²) in [6, 6.07) is 6.40. The van der Waals surface area contributed by atoms with Gasteiger partial charge in [-0.15, -0.1) is 0 Å². The van der Waals surface area contributed by atoms with Crippen LogP contribution in [0.2, 0.25) is 0 Å². The summed E-state index contributed by atoms with van der Waals surface area (Å²) in [5, 5.41) is 1.81. The molecule has 7 heteroatoms. The van der Waals surface area contributed by atoms with Gasteiger partial charge in [0.2, 0.25) is 0 Å². The molecule has 0 aliphatic carbocycles. The number of aromatic nitrogens is 2. The molecule has 146 valence electrons. The van der Waals surface area contributed by atoms with Crippen molar-refractivity contribution in [2.24, 2.45) is 0 Å². The second-order valence-corrected chi connectivity index (χ2v) is 8.86. The van der Waals surface area contributed by atoms with Gasteiger partial charge in [0.15, 0.2) is 5.16 Å². The van der Waals surface area contributed by atoms with Gasteiger partial charge in [-0.2, -0.15) is 0 Å². The Morgan fingerprint density at radius 1 is 1.22 bits per heavy atom. The first-order valence-electron chi connectivity index (χ1n) is 9.25. The molecule has 2 aromatic rings. The number of hydrogen-bond acceptors (Lipinski definition) is 6. The minimum atomic E-state index is -0.484. The summed E-state index contributed by atoms with van der Waals surface area (Å²) in [7, 11) is 0. The number of thioether (sulfide) groups is 1. The third kappa shape index (κ3) is 4.46. The number of rotatable bonds is 2. The molecule has 2 heterocycles. The smallest absolute Gasteiger partial charge is 0.410 e. The maximum absolute atomic E-state index is 12.6. The van der Waals surface area contributed by atoms with Crippen LogP contribution in [0, 0.1) is 0 Å². The number of hydrogen-bond donors (Lipinski definition) is 0. The fourth-order valence-corrected chi connectivity index (χ4v) is 3.85. The standard InChI is InChI=1S/C20H28N4O2S/c1-13-11-23(12-14(2)24(13)19(25)26-20(3,4)5)16-7-8-17-15(9-16)10-21-18(22-17)27-6/h7-10,13-14H,11-12H2,1-6H3/t13-,14-/m1/s1. The average Bonchev–Trinajstić information content (AvgIpc) is 2.58. The third-order valence-corrected chi connectivity index (χ3v) is 5.17. The molecule has 1 aliphatic rings. The van der Waals surface area contributed by atoms with Crippen molar-refractivity contribution in [3.8, 4) is 0 Å². The normalized spacial score (nSPS) is 20.8. The first-order valence-corrected chi connectivity index (χ1v) is 10.5. The molecule has 0 unspecified atom stereocenters. The van der Waals surface area contributed by atoms with E-state index in [4.69, 9.17) is 4.74 Å². The van der Waals surface area contributed by atoms with E-state index < -0.39 is 5.60 Å². The first kappa shape index (κ1) is 19.7. The zero-order chi connectivity index (χ0) is 19.8. The van der Waals surface area contributed by atoms with Crippen LogP contribution in [0.5, 0.6) is 0 Å². The van der Waals surface area contributed by atoms with Gasteiger partial charge in [0.25, 0.3) is 0 Å². The average molecular weight is 389 g/mol. The maximum Gasteiger partial charge on any atom is 0.410 e. The Kier molecular flexibility index (Phi) is 5.51. The molecule has 1 aromatic carbocycles. The number of amides is 1. The van der Waals surface area contributed by atoms with Crippen molar-refractivity contribution < 1.29 is 9.53 Å². The molecule has 0 spiro atoms. The predicted molar refractivity (Wildman–Crippen MR) is 111 cm³/mol. The summed E-state index contributed by atoms with van der Waals surface area (Å²) in [5.74, 6) is 0. The second kappa shape index (κ2) is 7.54. The van der Waals surface area contributed by atoms with Gasteiger partial charge in [-0.05, 0) is 59.1 Å². The van der Waals surface area contributed by atoms with E-state index in [2.05, 4.69) is 40.8 Å². The first-order chi connectivity index (χ1) is 12.7. The van der Waals surface area contributed by atoms with Crippen LogP contribution < -0.4 is 4.90 Å². The lowest BCUT2D eigenvalue weighted by Gasteiger charge is -2.45. The van der Waals surface area contributed by atoms with Gasteiger partial charge < -0.3 is 9.64 Å². The largest absolute Gasteiger partial charge is 0.444 e. The van der Waals surface area contributed by atoms with Crippen LogP contribution in [-0.4, -0.2) is 58.0 Å². The zero-order valence-electron chi connectivity index (χ0n) is 16.9. The number of carbonyl (C=O) groups is 1. The lowest BCUT2D eigenvalue weighted by atomic mass is 10.1. The van der Waals surface area contributed by atoms with E-state index in [1.165, 1.54) is 0 Å². The van der Waals surface area contributed by atoms with E-state index in [0.717, 1.165) is 34.8 Å². The van der Waals surface area contributed by atoms with E-state index in [9.17, 15) is 4.79 Å². The van der Waals surface area contributed by atoms with Gasteiger partial charge in [-0.1, -0.05) is 11.8 Å². The Hall–Kier alpha value is -2.02. The van der Waals surface area contributed by atoms with Crippen molar-refractivity contribution in [1.29, 1.82) is 0 Å². The molecule has 3 rings (SSSR count). The summed E-state index contributed by atoms with van der Waals surface area (Å²) in [4.78, 5) is 25.7. The molecule has 0 N–H and O–H groups in total. The number of fused-ring (bicyclic) bond motifs is 1. The topological polar surface area (TPSA) is 58.6 Å². The minimum Gasteiger partial charge on any atom is -0.444 e. The summed E-state index contributed by atoms with van der Waals surface area (Å²) in [6.07, 6.45) is 3.61. The third-order valence-electron chi connectivity index (χ3n) is 4.61. The van der Waals surface area contributed by atoms with Gasteiger partial charge in [0.05, 0.1) is 17.6 Å². The molecule has 1 saturated heterocycles. The molecule has 6 nitrogen and oxygen atoms in total. The van der Waals surface area contributed by atoms with Crippen molar-refractivity contribution >= 4 is 34.4 Å². The Bertz CT molecular complexity index is 824. The van der Waals surface area contributed by atoms with Crippen LogP contribution >= 0.6 is 11.8 Å².